The smallest absolute Gasteiger partial charge is 0.372 e. The molecule has 5 heteroatoms. The molecule has 0 atom stereocenters. The highest BCUT2D eigenvalue weighted by atomic mass is 16.5. The maximum atomic E-state index is 10.9. The van der Waals surface area contributed by atoms with Gasteiger partial charge in [-0.3, -0.25) is 0 Å². The third-order valence-electron chi connectivity index (χ3n) is 3.30. The molecular weight excluding hydrogens is 244 g/mol. The van der Waals surface area contributed by atoms with Crippen molar-refractivity contribution in [2.24, 2.45) is 0 Å². The number of hydrogen-bond donors (Lipinski definition) is 1. The summed E-state index contributed by atoms with van der Waals surface area (Å²) in [6.45, 7) is 1.37. The average Bonchev–Trinajstić information content (AvgIpc) is 3.04. The SMILES string of the molecule is O=C(O)c1nccn1CCc1ccc2c(c1)CCO2. The second-order valence-corrected chi connectivity index (χ2v) is 4.54. The van der Waals surface area contributed by atoms with E-state index in [1.807, 2.05) is 12.1 Å². The molecular formula is C14H14N2O3. The van der Waals surface area contributed by atoms with Crippen molar-refractivity contribution in [2.45, 2.75) is 19.4 Å². The Hall–Kier alpha value is -2.30. The molecule has 0 aliphatic carbocycles. The highest BCUT2D eigenvalue weighted by molar-refractivity contribution is 5.83. The summed E-state index contributed by atoms with van der Waals surface area (Å²) in [6.07, 6.45) is 4.94. The molecule has 1 N–H and O–H groups in total. The number of benzene rings is 1. The number of aryl methyl sites for hydroxylation is 2. The van der Waals surface area contributed by atoms with Crippen LogP contribution in [0.5, 0.6) is 5.75 Å². The molecule has 0 spiro atoms. The first-order valence-electron chi connectivity index (χ1n) is 6.23. The van der Waals surface area contributed by atoms with Crippen LogP contribution < -0.4 is 4.74 Å². The number of imidazole rings is 1. The van der Waals surface area contributed by atoms with Crippen LogP contribution in [0.1, 0.15) is 21.7 Å². The minimum Gasteiger partial charge on any atom is -0.493 e. The minimum atomic E-state index is -0.993. The van der Waals surface area contributed by atoms with Crippen molar-refractivity contribution in [3.8, 4) is 5.75 Å². The van der Waals surface area contributed by atoms with Crippen LogP contribution in [-0.4, -0.2) is 27.2 Å². The van der Waals surface area contributed by atoms with E-state index in [9.17, 15) is 4.79 Å². The van der Waals surface area contributed by atoms with Crippen molar-refractivity contribution in [1.82, 2.24) is 9.55 Å². The van der Waals surface area contributed by atoms with Gasteiger partial charge in [0, 0.05) is 25.4 Å². The Kier molecular flexibility index (Phi) is 2.95. The van der Waals surface area contributed by atoms with E-state index in [0.717, 1.165) is 25.2 Å². The molecule has 3 rings (SSSR count). The summed E-state index contributed by atoms with van der Waals surface area (Å²) in [5, 5.41) is 8.98. The van der Waals surface area contributed by atoms with E-state index in [-0.39, 0.29) is 5.82 Å². The van der Waals surface area contributed by atoms with Crippen LogP contribution in [0.2, 0.25) is 0 Å². The summed E-state index contributed by atoms with van der Waals surface area (Å²) >= 11 is 0. The molecule has 1 aliphatic rings. The topological polar surface area (TPSA) is 64.3 Å². The lowest BCUT2D eigenvalue weighted by Gasteiger charge is -2.06. The van der Waals surface area contributed by atoms with Crippen molar-refractivity contribution in [2.75, 3.05) is 6.61 Å². The zero-order valence-corrected chi connectivity index (χ0v) is 10.4. The third-order valence-corrected chi connectivity index (χ3v) is 3.30. The zero-order valence-electron chi connectivity index (χ0n) is 10.4. The number of hydrogen-bond acceptors (Lipinski definition) is 3. The molecule has 98 valence electrons. The molecule has 0 fully saturated rings. The molecule has 0 unspecified atom stereocenters. The highest BCUT2D eigenvalue weighted by Crippen LogP contribution is 2.26. The van der Waals surface area contributed by atoms with Crippen molar-refractivity contribution < 1.29 is 14.6 Å². The zero-order chi connectivity index (χ0) is 13.2. The van der Waals surface area contributed by atoms with E-state index in [1.165, 1.54) is 17.3 Å². The normalized spacial score (nSPS) is 13.1. The standard InChI is InChI=1S/C14H14N2O3/c17-14(18)13-15-5-7-16(13)6-3-10-1-2-12-11(9-10)4-8-19-12/h1-2,5,7,9H,3-4,6,8H2,(H,17,18). The lowest BCUT2D eigenvalue weighted by Crippen LogP contribution is -2.10. The average molecular weight is 258 g/mol. The molecule has 1 aromatic carbocycles. The largest absolute Gasteiger partial charge is 0.493 e. The fraction of sp³-hybridized carbons (Fsp3) is 0.286. The number of rotatable bonds is 4. The molecule has 2 heterocycles. The third kappa shape index (κ3) is 2.31. The number of carbonyl (C=O) groups is 1. The maximum absolute atomic E-state index is 10.9. The number of carboxylic acids is 1. The molecule has 1 aromatic heterocycles. The van der Waals surface area contributed by atoms with Gasteiger partial charge < -0.3 is 14.4 Å². The molecule has 0 amide bonds. The van der Waals surface area contributed by atoms with Gasteiger partial charge in [-0.1, -0.05) is 12.1 Å². The van der Waals surface area contributed by atoms with Crippen LogP contribution in [0, 0.1) is 0 Å². The molecule has 1 aliphatic heterocycles. The number of ether oxygens (including phenoxy) is 1. The van der Waals surface area contributed by atoms with Crippen LogP contribution in [-0.2, 0) is 19.4 Å². The lowest BCUT2D eigenvalue weighted by atomic mass is 10.1. The molecule has 2 aromatic rings. The number of fused-ring (bicyclic) bond motifs is 1. The van der Waals surface area contributed by atoms with Crippen LogP contribution >= 0.6 is 0 Å². The summed E-state index contributed by atoms with van der Waals surface area (Å²) in [7, 11) is 0. The Morgan fingerprint density at radius 3 is 3.21 bits per heavy atom. The molecule has 19 heavy (non-hydrogen) atoms. The van der Waals surface area contributed by atoms with Gasteiger partial charge in [0.1, 0.15) is 5.75 Å². The Morgan fingerprint density at radius 2 is 2.37 bits per heavy atom. The monoisotopic (exact) mass is 258 g/mol. The van der Waals surface area contributed by atoms with Gasteiger partial charge in [-0.25, -0.2) is 9.78 Å². The first kappa shape index (κ1) is 11.8. The quantitative estimate of drug-likeness (QED) is 0.907. The van der Waals surface area contributed by atoms with E-state index in [0.29, 0.717) is 6.54 Å². The molecule has 0 bridgehead atoms. The summed E-state index contributed by atoms with van der Waals surface area (Å²) in [5.41, 5.74) is 2.43. The Balaban J connectivity index is 1.72. The lowest BCUT2D eigenvalue weighted by molar-refractivity contribution is 0.0678. The van der Waals surface area contributed by atoms with Gasteiger partial charge in [-0.05, 0) is 23.6 Å². The number of carboxylic acid groups (broad SMARTS) is 1. The predicted molar refractivity (Wildman–Crippen MR) is 68.5 cm³/mol. The second kappa shape index (κ2) is 4.76. The fourth-order valence-electron chi connectivity index (χ4n) is 2.33. The van der Waals surface area contributed by atoms with Crippen molar-refractivity contribution >= 4 is 5.97 Å². The van der Waals surface area contributed by atoms with E-state index in [4.69, 9.17) is 9.84 Å². The first-order chi connectivity index (χ1) is 9.24. The first-order valence-corrected chi connectivity index (χ1v) is 6.23. The van der Waals surface area contributed by atoms with Crippen LogP contribution in [0.25, 0.3) is 0 Å². The van der Waals surface area contributed by atoms with Gasteiger partial charge in [0.25, 0.3) is 0 Å². The van der Waals surface area contributed by atoms with Gasteiger partial charge in [0.05, 0.1) is 6.61 Å². The van der Waals surface area contributed by atoms with Crippen LogP contribution in [0.15, 0.2) is 30.6 Å². The van der Waals surface area contributed by atoms with E-state index >= 15 is 0 Å². The number of aromatic nitrogens is 2. The van der Waals surface area contributed by atoms with E-state index < -0.39 is 5.97 Å². The molecule has 0 saturated heterocycles. The van der Waals surface area contributed by atoms with Gasteiger partial charge in [0.2, 0.25) is 5.82 Å². The maximum Gasteiger partial charge on any atom is 0.372 e. The summed E-state index contributed by atoms with van der Waals surface area (Å²) in [4.78, 5) is 14.8. The van der Waals surface area contributed by atoms with Gasteiger partial charge in [0.15, 0.2) is 0 Å². The van der Waals surface area contributed by atoms with Crippen molar-refractivity contribution in [3.63, 3.8) is 0 Å². The van der Waals surface area contributed by atoms with Gasteiger partial charge in [-0.15, -0.1) is 0 Å². The van der Waals surface area contributed by atoms with E-state index in [2.05, 4.69) is 11.1 Å². The van der Waals surface area contributed by atoms with Gasteiger partial charge >= 0.3 is 5.97 Å². The Labute approximate surface area is 110 Å². The summed E-state index contributed by atoms with van der Waals surface area (Å²) in [5.74, 6) is 0.0643. The predicted octanol–water partition coefficient (Wildman–Crippen LogP) is 1.76. The second-order valence-electron chi connectivity index (χ2n) is 4.54. The highest BCUT2D eigenvalue weighted by Gasteiger charge is 2.13. The fourth-order valence-corrected chi connectivity index (χ4v) is 2.33. The van der Waals surface area contributed by atoms with Crippen molar-refractivity contribution in [1.29, 1.82) is 0 Å². The van der Waals surface area contributed by atoms with Gasteiger partial charge in [-0.2, -0.15) is 0 Å². The molecule has 0 saturated carbocycles. The molecule has 5 nitrogen and oxygen atoms in total. The van der Waals surface area contributed by atoms with Crippen LogP contribution in [0.3, 0.4) is 0 Å². The number of aromatic carboxylic acids is 1. The number of nitrogens with zero attached hydrogens (tertiary/aromatic N) is 2. The molecule has 0 radical (unpaired) electrons. The summed E-state index contributed by atoms with van der Waals surface area (Å²) < 4.78 is 7.12. The minimum absolute atomic E-state index is 0.0875. The Bertz CT molecular complexity index is 619. The Morgan fingerprint density at radius 1 is 1.47 bits per heavy atom. The van der Waals surface area contributed by atoms with Crippen molar-refractivity contribution in [3.05, 3.63) is 47.5 Å². The van der Waals surface area contributed by atoms with Crippen LogP contribution in [0.4, 0.5) is 0 Å². The van der Waals surface area contributed by atoms with E-state index in [1.54, 1.807) is 10.8 Å². The summed E-state index contributed by atoms with van der Waals surface area (Å²) in [6, 6.07) is 6.16.